The van der Waals surface area contributed by atoms with Crippen molar-refractivity contribution in [3.63, 3.8) is 0 Å². The van der Waals surface area contributed by atoms with E-state index in [2.05, 4.69) is 16.7 Å². The molecule has 4 nitrogen and oxygen atoms in total. The summed E-state index contributed by atoms with van der Waals surface area (Å²) in [4.78, 5) is 11.4. The summed E-state index contributed by atoms with van der Waals surface area (Å²) in [5, 5.41) is 6.22. The smallest absolute Gasteiger partial charge is 0.221 e. The van der Waals surface area contributed by atoms with Crippen LogP contribution in [0, 0.1) is 0 Å². The third-order valence-electron chi connectivity index (χ3n) is 3.47. The van der Waals surface area contributed by atoms with Gasteiger partial charge in [0.05, 0.1) is 0 Å². The van der Waals surface area contributed by atoms with Gasteiger partial charge in [0, 0.05) is 42.4 Å². The standard InChI is InChI=1S/C17H18N2O2/c1-12(20)19-16-8-3-2-6-14(16)15-7-4-5-13-11-18-9-10-21-17(13)15/h2-8,18H,9-11H2,1H3,(H,19,20). The fourth-order valence-corrected chi connectivity index (χ4v) is 2.57. The van der Waals surface area contributed by atoms with Crippen molar-refractivity contribution < 1.29 is 9.53 Å². The maximum atomic E-state index is 11.4. The number of amides is 1. The first kappa shape index (κ1) is 13.6. The maximum Gasteiger partial charge on any atom is 0.221 e. The van der Waals surface area contributed by atoms with Crippen LogP contribution in [0.5, 0.6) is 5.75 Å². The number of fused-ring (bicyclic) bond motifs is 1. The van der Waals surface area contributed by atoms with Crippen molar-refractivity contribution in [2.45, 2.75) is 13.5 Å². The Morgan fingerprint density at radius 3 is 2.81 bits per heavy atom. The molecule has 1 heterocycles. The molecule has 0 bridgehead atoms. The Bertz CT molecular complexity index is 668. The normalized spacial score (nSPS) is 13.8. The first-order valence-corrected chi connectivity index (χ1v) is 7.08. The van der Waals surface area contributed by atoms with E-state index >= 15 is 0 Å². The Labute approximate surface area is 124 Å². The van der Waals surface area contributed by atoms with Gasteiger partial charge in [-0.3, -0.25) is 4.79 Å². The SMILES string of the molecule is CC(=O)Nc1ccccc1-c1cccc2c1OCCNC2. The summed E-state index contributed by atoms with van der Waals surface area (Å²) < 4.78 is 5.92. The van der Waals surface area contributed by atoms with Crippen LogP contribution in [-0.4, -0.2) is 19.1 Å². The Hall–Kier alpha value is -2.33. The number of anilines is 1. The zero-order valence-corrected chi connectivity index (χ0v) is 12.0. The molecule has 0 unspecified atom stereocenters. The predicted octanol–water partition coefficient (Wildman–Crippen LogP) is 2.79. The number of ether oxygens (including phenoxy) is 1. The number of carbonyl (C=O) groups is 1. The average Bonchev–Trinajstić information content (AvgIpc) is 2.72. The molecule has 0 atom stereocenters. The van der Waals surface area contributed by atoms with Crippen LogP contribution in [0.1, 0.15) is 12.5 Å². The molecule has 0 aliphatic carbocycles. The van der Waals surface area contributed by atoms with Crippen LogP contribution < -0.4 is 15.4 Å². The topological polar surface area (TPSA) is 50.4 Å². The zero-order chi connectivity index (χ0) is 14.7. The fraction of sp³-hybridized carbons (Fsp3) is 0.235. The lowest BCUT2D eigenvalue weighted by molar-refractivity contribution is -0.114. The summed E-state index contributed by atoms with van der Waals surface area (Å²) in [7, 11) is 0. The summed E-state index contributed by atoms with van der Waals surface area (Å²) in [6.45, 7) is 3.79. The number of hydrogen-bond acceptors (Lipinski definition) is 3. The third-order valence-corrected chi connectivity index (χ3v) is 3.47. The van der Waals surface area contributed by atoms with Crippen molar-refractivity contribution in [3.05, 3.63) is 48.0 Å². The van der Waals surface area contributed by atoms with Crippen molar-refractivity contribution in [1.82, 2.24) is 5.32 Å². The van der Waals surface area contributed by atoms with Crippen molar-refractivity contribution in [3.8, 4) is 16.9 Å². The highest BCUT2D eigenvalue weighted by Gasteiger charge is 2.16. The quantitative estimate of drug-likeness (QED) is 0.890. The zero-order valence-electron chi connectivity index (χ0n) is 12.0. The summed E-state index contributed by atoms with van der Waals surface area (Å²) in [5.41, 5.74) is 3.94. The minimum atomic E-state index is -0.0768. The molecule has 2 aromatic rings. The van der Waals surface area contributed by atoms with Crippen molar-refractivity contribution in [2.24, 2.45) is 0 Å². The Kier molecular flexibility index (Phi) is 3.88. The van der Waals surface area contributed by atoms with E-state index < -0.39 is 0 Å². The molecule has 0 aromatic heterocycles. The van der Waals surface area contributed by atoms with E-state index in [1.54, 1.807) is 0 Å². The number of hydrogen-bond donors (Lipinski definition) is 2. The van der Waals surface area contributed by atoms with Gasteiger partial charge < -0.3 is 15.4 Å². The minimum absolute atomic E-state index is 0.0768. The van der Waals surface area contributed by atoms with Crippen LogP contribution in [0.4, 0.5) is 5.69 Å². The highest BCUT2D eigenvalue weighted by molar-refractivity contribution is 5.95. The second-order valence-corrected chi connectivity index (χ2v) is 5.05. The van der Waals surface area contributed by atoms with Crippen LogP contribution in [0.25, 0.3) is 11.1 Å². The van der Waals surface area contributed by atoms with Crippen molar-refractivity contribution in [1.29, 1.82) is 0 Å². The number of rotatable bonds is 2. The molecule has 0 radical (unpaired) electrons. The number of benzene rings is 2. The monoisotopic (exact) mass is 282 g/mol. The summed E-state index contributed by atoms with van der Waals surface area (Å²) in [6, 6.07) is 13.9. The highest BCUT2D eigenvalue weighted by Crippen LogP contribution is 2.37. The molecule has 21 heavy (non-hydrogen) atoms. The lowest BCUT2D eigenvalue weighted by Gasteiger charge is -2.15. The minimum Gasteiger partial charge on any atom is -0.491 e. The third kappa shape index (κ3) is 2.90. The number of nitrogens with one attached hydrogen (secondary N) is 2. The van der Waals surface area contributed by atoms with E-state index in [4.69, 9.17) is 4.74 Å². The van der Waals surface area contributed by atoms with Gasteiger partial charge in [-0.1, -0.05) is 36.4 Å². The fourth-order valence-electron chi connectivity index (χ4n) is 2.57. The number of para-hydroxylation sites is 2. The summed E-state index contributed by atoms with van der Waals surface area (Å²) in [5.74, 6) is 0.826. The Balaban J connectivity index is 2.11. The van der Waals surface area contributed by atoms with Crippen LogP contribution in [-0.2, 0) is 11.3 Å². The van der Waals surface area contributed by atoms with Gasteiger partial charge in [-0.05, 0) is 6.07 Å². The lowest BCUT2D eigenvalue weighted by Crippen LogP contribution is -2.16. The molecule has 108 valence electrons. The van der Waals surface area contributed by atoms with Gasteiger partial charge in [0.1, 0.15) is 12.4 Å². The maximum absolute atomic E-state index is 11.4. The molecule has 1 aliphatic heterocycles. The largest absolute Gasteiger partial charge is 0.491 e. The molecule has 1 aliphatic rings. The van der Waals surface area contributed by atoms with E-state index in [1.807, 2.05) is 36.4 Å². The number of carbonyl (C=O) groups excluding carboxylic acids is 1. The Morgan fingerprint density at radius 1 is 1.14 bits per heavy atom. The van der Waals surface area contributed by atoms with Crippen molar-refractivity contribution in [2.75, 3.05) is 18.5 Å². The van der Waals surface area contributed by atoms with Gasteiger partial charge in [-0.25, -0.2) is 0 Å². The van der Waals surface area contributed by atoms with Gasteiger partial charge in [0.2, 0.25) is 5.91 Å². The van der Waals surface area contributed by atoms with Gasteiger partial charge in [0.25, 0.3) is 0 Å². The molecule has 0 saturated carbocycles. The first-order valence-electron chi connectivity index (χ1n) is 7.08. The van der Waals surface area contributed by atoms with Gasteiger partial charge >= 0.3 is 0 Å². The van der Waals surface area contributed by atoms with Gasteiger partial charge in [0.15, 0.2) is 0 Å². The second-order valence-electron chi connectivity index (χ2n) is 5.05. The predicted molar refractivity (Wildman–Crippen MR) is 83.4 cm³/mol. The first-order chi connectivity index (χ1) is 10.3. The van der Waals surface area contributed by atoms with E-state index in [1.165, 1.54) is 6.92 Å². The molecule has 4 heteroatoms. The molecular weight excluding hydrogens is 264 g/mol. The molecule has 2 aromatic carbocycles. The molecule has 3 rings (SSSR count). The second kappa shape index (κ2) is 5.97. The molecule has 0 spiro atoms. The molecular formula is C17H18N2O2. The summed E-state index contributed by atoms with van der Waals surface area (Å²) in [6.07, 6.45) is 0. The van der Waals surface area contributed by atoms with E-state index in [-0.39, 0.29) is 5.91 Å². The van der Waals surface area contributed by atoms with Gasteiger partial charge in [-0.2, -0.15) is 0 Å². The highest BCUT2D eigenvalue weighted by atomic mass is 16.5. The van der Waals surface area contributed by atoms with E-state index in [0.29, 0.717) is 6.61 Å². The van der Waals surface area contributed by atoms with E-state index in [0.717, 1.165) is 41.2 Å². The van der Waals surface area contributed by atoms with Crippen LogP contribution in [0.15, 0.2) is 42.5 Å². The summed E-state index contributed by atoms with van der Waals surface area (Å²) >= 11 is 0. The molecule has 0 fully saturated rings. The molecule has 0 saturated heterocycles. The van der Waals surface area contributed by atoms with Crippen molar-refractivity contribution >= 4 is 11.6 Å². The van der Waals surface area contributed by atoms with E-state index in [9.17, 15) is 4.79 Å². The van der Waals surface area contributed by atoms with Crippen LogP contribution in [0.2, 0.25) is 0 Å². The van der Waals surface area contributed by atoms with Crippen LogP contribution >= 0.6 is 0 Å². The molecule has 1 amide bonds. The Morgan fingerprint density at radius 2 is 1.95 bits per heavy atom. The van der Waals surface area contributed by atoms with Gasteiger partial charge in [-0.15, -0.1) is 0 Å². The lowest BCUT2D eigenvalue weighted by atomic mass is 9.99. The molecule has 2 N–H and O–H groups in total. The van der Waals surface area contributed by atoms with Crippen LogP contribution in [0.3, 0.4) is 0 Å². The average molecular weight is 282 g/mol.